The largest absolute Gasteiger partial charge is 0.376 e. The van der Waals surface area contributed by atoms with E-state index in [0.29, 0.717) is 30.5 Å². The maximum absolute atomic E-state index is 6.03. The average molecular weight is 300 g/mol. The second-order valence-corrected chi connectivity index (χ2v) is 4.68. The van der Waals surface area contributed by atoms with Gasteiger partial charge in [-0.15, -0.1) is 0 Å². The predicted octanol–water partition coefficient (Wildman–Crippen LogP) is 1.47. The van der Waals surface area contributed by atoms with Crippen LogP contribution in [0.3, 0.4) is 0 Å². The molecule has 0 fully saturated rings. The van der Waals surface area contributed by atoms with Crippen LogP contribution in [-0.4, -0.2) is 29.1 Å². The Kier molecular flexibility index (Phi) is 7.14. The highest BCUT2D eigenvalue weighted by Crippen LogP contribution is 2.11. The van der Waals surface area contributed by atoms with Crippen molar-refractivity contribution in [3.05, 3.63) is 29.0 Å². The van der Waals surface area contributed by atoms with E-state index in [9.17, 15) is 0 Å². The molecular formula is C12H18ClN5S. The molecule has 0 amide bonds. The Labute approximate surface area is 123 Å². The van der Waals surface area contributed by atoms with Crippen molar-refractivity contribution in [3.63, 3.8) is 0 Å². The second kappa shape index (κ2) is 8.66. The van der Waals surface area contributed by atoms with E-state index >= 15 is 0 Å². The zero-order valence-corrected chi connectivity index (χ0v) is 12.4. The minimum absolute atomic E-state index is 0.193. The summed E-state index contributed by atoms with van der Waals surface area (Å²) in [6, 6.07) is 3.63. The number of halogens is 1. The van der Waals surface area contributed by atoms with Crippen molar-refractivity contribution in [2.75, 3.05) is 13.1 Å². The lowest BCUT2D eigenvalue weighted by molar-refractivity contribution is 0.813. The minimum Gasteiger partial charge on any atom is -0.376 e. The molecule has 1 rings (SSSR count). The molecule has 0 bridgehead atoms. The fraction of sp³-hybridized carbons (Fsp3) is 0.417. The van der Waals surface area contributed by atoms with Crippen molar-refractivity contribution in [2.45, 2.75) is 19.8 Å². The summed E-state index contributed by atoms with van der Waals surface area (Å²) >= 11 is 10.8. The average Bonchev–Trinajstić information content (AvgIpc) is 2.37. The summed E-state index contributed by atoms with van der Waals surface area (Å²) < 4.78 is 0. The van der Waals surface area contributed by atoms with E-state index in [2.05, 4.69) is 27.5 Å². The van der Waals surface area contributed by atoms with Crippen molar-refractivity contribution in [3.8, 4) is 0 Å². The molecule has 19 heavy (non-hydrogen) atoms. The maximum Gasteiger partial charge on any atom is 0.197 e. The van der Waals surface area contributed by atoms with Crippen LogP contribution in [-0.2, 0) is 6.42 Å². The van der Waals surface area contributed by atoms with Gasteiger partial charge in [-0.05, 0) is 30.8 Å². The standard InChI is InChI=1S/C12H18ClN5S/c1-2-6-16-12(18-11(14)19)17-8-5-10-9(13)4-3-7-15-10/h3-4,7H,2,5-6,8H2,1H3,(H4,14,16,17,18,19). The van der Waals surface area contributed by atoms with E-state index in [-0.39, 0.29) is 5.11 Å². The van der Waals surface area contributed by atoms with E-state index in [1.165, 1.54) is 0 Å². The predicted molar refractivity (Wildman–Crippen MR) is 83.5 cm³/mol. The lowest BCUT2D eigenvalue weighted by Gasteiger charge is -2.11. The Morgan fingerprint density at radius 2 is 2.37 bits per heavy atom. The van der Waals surface area contributed by atoms with Gasteiger partial charge in [0.05, 0.1) is 10.7 Å². The lowest BCUT2D eigenvalue weighted by Crippen LogP contribution is -2.44. The number of nitrogens with one attached hydrogen (secondary N) is 2. The third kappa shape index (κ3) is 6.35. The summed E-state index contributed by atoms with van der Waals surface area (Å²) in [6.07, 6.45) is 3.38. The van der Waals surface area contributed by atoms with E-state index < -0.39 is 0 Å². The van der Waals surface area contributed by atoms with Crippen molar-refractivity contribution in [1.82, 2.24) is 15.6 Å². The molecule has 0 aromatic carbocycles. The van der Waals surface area contributed by atoms with Gasteiger partial charge < -0.3 is 16.4 Å². The maximum atomic E-state index is 6.03. The van der Waals surface area contributed by atoms with Crippen LogP contribution in [0.2, 0.25) is 5.02 Å². The number of guanidine groups is 1. The molecule has 0 unspecified atom stereocenters. The van der Waals surface area contributed by atoms with Crippen LogP contribution in [0.1, 0.15) is 19.0 Å². The Morgan fingerprint density at radius 1 is 1.58 bits per heavy atom. The van der Waals surface area contributed by atoms with Crippen LogP contribution in [0, 0.1) is 0 Å². The second-order valence-electron chi connectivity index (χ2n) is 3.83. The van der Waals surface area contributed by atoms with Crippen LogP contribution in [0.4, 0.5) is 0 Å². The van der Waals surface area contributed by atoms with Crippen molar-refractivity contribution in [2.24, 2.45) is 10.7 Å². The molecular weight excluding hydrogens is 282 g/mol. The van der Waals surface area contributed by atoms with E-state index in [4.69, 9.17) is 29.6 Å². The van der Waals surface area contributed by atoms with Crippen LogP contribution < -0.4 is 16.4 Å². The number of aromatic nitrogens is 1. The number of rotatable bonds is 5. The summed E-state index contributed by atoms with van der Waals surface area (Å²) in [4.78, 5) is 8.53. The highest BCUT2D eigenvalue weighted by molar-refractivity contribution is 7.80. The number of thiocarbonyl (C=S) groups is 1. The van der Waals surface area contributed by atoms with E-state index in [1.54, 1.807) is 6.20 Å². The Balaban J connectivity index is 2.48. The van der Waals surface area contributed by atoms with Gasteiger partial charge in [0, 0.05) is 25.7 Å². The molecule has 104 valence electrons. The smallest absolute Gasteiger partial charge is 0.197 e. The van der Waals surface area contributed by atoms with Crippen LogP contribution >= 0.6 is 23.8 Å². The molecule has 0 aliphatic heterocycles. The SMILES string of the molecule is CCCN=C(NCCc1ncccc1Cl)NC(N)=S. The van der Waals surface area contributed by atoms with Gasteiger partial charge in [-0.3, -0.25) is 9.98 Å². The number of hydrogen-bond donors (Lipinski definition) is 3. The number of nitrogens with zero attached hydrogens (tertiary/aromatic N) is 2. The zero-order chi connectivity index (χ0) is 14.1. The number of aliphatic imine (C=N–C) groups is 1. The zero-order valence-electron chi connectivity index (χ0n) is 10.8. The first kappa shape index (κ1) is 15.7. The van der Waals surface area contributed by atoms with Gasteiger partial charge in [0.25, 0.3) is 0 Å². The molecule has 0 atom stereocenters. The van der Waals surface area contributed by atoms with E-state index in [1.807, 2.05) is 12.1 Å². The van der Waals surface area contributed by atoms with Gasteiger partial charge in [-0.1, -0.05) is 18.5 Å². The van der Waals surface area contributed by atoms with Gasteiger partial charge in [0.15, 0.2) is 11.1 Å². The molecule has 1 aromatic heterocycles. The molecule has 0 aliphatic carbocycles. The molecule has 7 heteroatoms. The van der Waals surface area contributed by atoms with Gasteiger partial charge >= 0.3 is 0 Å². The van der Waals surface area contributed by atoms with Gasteiger partial charge in [0.1, 0.15) is 0 Å². The monoisotopic (exact) mass is 299 g/mol. The van der Waals surface area contributed by atoms with Gasteiger partial charge in [-0.2, -0.15) is 0 Å². The summed E-state index contributed by atoms with van der Waals surface area (Å²) in [7, 11) is 0. The number of hydrogen-bond acceptors (Lipinski definition) is 3. The van der Waals surface area contributed by atoms with Crippen LogP contribution in [0.25, 0.3) is 0 Å². The Hall–Kier alpha value is -1.40. The van der Waals surface area contributed by atoms with Crippen LogP contribution in [0.15, 0.2) is 23.3 Å². The Bertz CT molecular complexity index is 450. The number of pyridine rings is 1. The van der Waals surface area contributed by atoms with Crippen LogP contribution in [0.5, 0.6) is 0 Å². The summed E-state index contributed by atoms with van der Waals surface area (Å²) in [5, 5.41) is 6.80. The molecule has 0 saturated carbocycles. The van der Waals surface area contributed by atoms with E-state index in [0.717, 1.165) is 12.1 Å². The third-order valence-electron chi connectivity index (χ3n) is 2.22. The molecule has 1 aromatic rings. The fourth-order valence-corrected chi connectivity index (χ4v) is 1.69. The first-order chi connectivity index (χ1) is 9.13. The van der Waals surface area contributed by atoms with Crippen molar-refractivity contribution < 1.29 is 0 Å². The van der Waals surface area contributed by atoms with Crippen molar-refractivity contribution >= 4 is 34.9 Å². The first-order valence-corrected chi connectivity index (χ1v) is 6.86. The lowest BCUT2D eigenvalue weighted by atomic mass is 10.3. The van der Waals surface area contributed by atoms with Gasteiger partial charge in [-0.25, -0.2) is 0 Å². The van der Waals surface area contributed by atoms with Crippen molar-refractivity contribution in [1.29, 1.82) is 0 Å². The van der Waals surface area contributed by atoms with Gasteiger partial charge in [0.2, 0.25) is 0 Å². The normalized spacial score (nSPS) is 11.2. The molecule has 1 heterocycles. The first-order valence-electron chi connectivity index (χ1n) is 6.07. The fourth-order valence-electron chi connectivity index (χ4n) is 1.38. The molecule has 0 radical (unpaired) electrons. The third-order valence-corrected chi connectivity index (χ3v) is 2.67. The molecule has 0 aliphatic rings. The quantitative estimate of drug-likeness (QED) is 0.436. The highest BCUT2D eigenvalue weighted by Gasteiger charge is 2.02. The molecule has 5 nitrogen and oxygen atoms in total. The Morgan fingerprint density at radius 3 is 3.00 bits per heavy atom. The summed E-state index contributed by atoms with van der Waals surface area (Å²) in [5.41, 5.74) is 6.29. The molecule has 0 saturated heterocycles. The molecule has 0 spiro atoms. The highest BCUT2D eigenvalue weighted by atomic mass is 35.5. The topological polar surface area (TPSA) is 75.3 Å². The minimum atomic E-state index is 0.193. The summed E-state index contributed by atoms with van der Waals surface area (Å²) in [6.45, 7) is 3.41. The molecule has 4 N–H and O–H groups in total. The number of nitrogens with two attached hydrogens (primary N) is 1. The summed E-state index contributed by atoms with van der Waals surface area (Å²) in [5.74, 6) is 0.585.